The zero-order chi connectivity index (χ0) is 26.6. The van der Waals surface area contributed by atoms with Crippen LogP contribution in [-0.2, 0) is 9.59 Å². The molecule has 0 saturated carbocycles. The standard InChI is InChI=1S/C30H40N2O4S/c33-23-11-3-1-9-21-31-29(35)19-17-25-13-5-7-15-27(25)37-28-16-8-6-14-26(28)18-20-30(36)32-22-10-2-4-12-24-34/h5-8,13-20,33-34H,1-4,9-12,21-24H2,(H,31,35)(H,32,36)/b19-17+,20-18+. The van der Waals surface area contributed by atoms with Crippen molar-refractivity contribution in [3.63, 3.8) is 0 Å². The maximum Gasteiger partial charge on any atom is 0.243 e. The summed E-state index contributed by atoms with van der Waals surface area (Å²) < 4.78 is 0. The van der Waals surface area contributed by atoms with Crippen molar-refractivity contribution in [2.75, 3.05) is 26.3 Å². The number of carbonyl (C=O) groups is 2. The number of unbranched alkanes of at least 4 members (excludes halogenated alkanes) is 6. The van der Waals surface area contributed by atoms with E-state index in [1.807, 2.05) is 60.7 Å². The number of aliphatic hydroxyl groups excluding tert-OH is 2. The van der Waals surface area contributed by atoms with Crippen molar-refractivity contribution >= 4 is 35.7 Å². The first-order chi connectivity index (χ1) is 18.1. The molecular weight excluding hydrogens is 484 g/mol. The van der Waals surface area contributed by atoms with Gasteiger partial charge in [0.2, 0.25) is 11.8 Å². The van der Waals surface area contributed by atoms with Gasteiger partial charge in [-0.05, 0) is 61.1 Å². The molecular formula is C30H40N2O4S. The summed E-state index contributed by atoms with van der Waals surface area (Å²) in [5, 5.41) is 23.5. The summed E-state index contributed by atoms with van der Waals surface area (Å²) in [6.07, 6.45) is 14.1. The third-order valence-electron chi connectivity index (χ3n) is 5.65. The molecule has 2 rings (SSSR count). The molecule has 0 heterocycles. The zero-order valence-electron chi connectivity index (χ0n) is 21.5. The predicted octanol–water partition coefficient (Wildman–Crippen LogP) is 5.20. The highest BCUT2D eigenvalue weighted by Crippen LogP contribution is 2.33. The Bertz CT molecular complexity index is 927. The molecule has 0 aliphatic rings. The molecule has 0 bridgehead atoms. The monoisotopic (exact) mass is 524 g/mol. The Balaban J connectivity index is 1.92. The second-order valence-electron chi connectivity index (χ2n) is 8.70. The van der Waals surface area contributed by atoms with E-state index in [1.54, 1.807) is 23.9 Å². The number of nitrogens with one attached hydrogen (secondary N) is 2. The molecule has 0 atom stereocenters. The van der Waals surface area contributed by atoms with Gasteiger partial charge in [-0.15, -0.1) is 0 Å². The Morgan fingerprint density at radius 3 is 1.46 bits per heavy atom. The first kappa shape index (κ1) is 30.4. The van der Waals surface area contributed by atoms with E-state index in [-0.39, 0.29) is 25.0 Å². The summed E-state index contributed by atoms with van der Waals surface area (Å²) in [6, 6.07) is 15.8. The molecule has 0 aromatic heterocycles. The van der Waals surface area contributed by atoms with Crippen LogP contribution in [0.25, 0.3) is 12.2 Å². The van der Waals surface area contributed by atoms with Crippen LogP contribution in [0.5, 0.6) is 0 Å². The van der Waals surface area contributed by atoms with E-state index in [0.29, 0.717) is 13.1 Å². The Morgan fingerprint density at radius 2 is 1.03 bits per heavy atom. The molecule has 2 aromatic rings. The van der Waals surface area contributed by atoms with Gasteiger partial charge >= 0.3 is 0 Å². The Kier molecular flexibility index (Phi) is 15.8. The number of carbonyl (C=O) groups excluding carboxylic acids is 2. The zero-order valence-corrected chi connectivity index (χ0v) is 22.3. The van der Waals surface area contributed by atoms with Gasteiger partial charge in [0, 0.05) is 48.2 Å². The normalized spacial score (nSPS) is 11.3. The SMILES string of the molecule is O=C(/C=C/c1ccccc1Sc1ccccc1/C=C/C(=O)NCCCCCCO)NCCCCCCO. The van der Waals surface area contributed by atoms with Gasteiger partial charge in [0.25, 0.3) is 0 Å². The molecule has 2 aromatic carbocycles. The van der Waals surface area contributed by atoms with Crippen molar-refractivity contribution in [3.05, 3.63) is 71.8 Å². The lowest BCUT2D eigenvalue weighted by atomic mass is 10.2. The Hall–Kier alpha value is -2.87. The Labute approximate surface area is 225 Å². The molecule has 0 unspecified atom stereocenters. The highest BCUT2D eigenvalue weighted by Gasteiger charge is 2.06. The molecule has 6 nitrogen and oxygen atoms in total. The van der Waals surface area contributed by atoms with Gasteiger partial charge < -0.3 is 20.8 Å². The first-order valence-electron chi connectivity index (χ1n) is 13.1. The second kappa shape index (κ2) is 19.3. The van der Waals surface area contributed by atoms with Crippen molar-refractivity contribution in [2.24, 2.45) is 0 Å². The van der Waals surface area contributed by atoms with E-state index in [2.05, 4.69) is 10.6 Å². The molecule has 7 heteroatoms. The fraction of sp³-hybridized carbons (Fsp3) is 0.400. The van der Waals surface area contributed by atoms with E-state index in [0.717, 1.165) is 72.3 Å². The fourth-order valence-corrected chi connectivity index (χ4v) is 4.63. The van der Waals surface area contributed by atoms with E-state index in [4.69, 9.17) is 10.2 Å². The fourth-order valence-electron chi connectivity index (χ4n) is 3.59. The minimum absolute atomic E-state index is 0.121. The molecule has 2 amide bonds. The topological polar surface area (TPSA) is 98.7 Å². The third kappa shape index (κ3) is 13.3. The molecule has 0 saturated heterocycles. The van der Waals surface area contributed by atoms with Crippen molar-refractivity contribution in [2.45, 2.75) is 61.2 Å². The van der Waals surface area contributed by atoms with E-state index in [9.17, 15) is 9.59 Å². The number of benzene rings is 2. The van der Waals surface area contributed by atoms with E-state index >= 15 is 0 Å². The summed E-state index contributed by atoms with van der Waals surface area (Å²) in [6.45, 7) is 1.69. The third-order valence-corrected chi connectivity index (χ3v) is 6.84. The summed E-state index contributed by atoms with van der Waals surface area (Å²) >= 11 is 1.60. The largest absolute Gasteiger partial charge is 0.396 e. The van der Waals surface area contributed by atoms with Crippen LogP contribution in [0.3, 0.4) is 0 Å². The highest BCUT2D eigenvalue weighted by atomic mass is 32.2. The van der Waals surface area contributed by atoms with Crippen LogP contribution in [0.2, 0.25) is 0 Å². The van der Waals surface area contributed by atoms with E-state index < -0.39 is 0 Å². The number of hydrogen-bond acceptors (Lipinski definition) is 5. The van der Waals surface area contributed by atoms with Gasteiger partial charge in [0.05, 0.1) is 0 Å². The second-order valence-corrected chi connectivity index (χ2v) is 9.79. The van der Waals surface area contributed by atoms with Crippen molar-refractivity contribution in [1.29, 1.82) is 0 Å². The molecule has 0 fully saturated rings. The predicted molar refractivity (Wildman–Crippen MR) is 152 cm³/mol. The highest BCUT2D eigenvalue weighted by molar-refractivity contribution is 7.99. The number of amides is 2. The van der Waals surface area contributed by atoms with Crippen LogP contribution in [0, 0.1) is 0 Å². The molecule has 0 spiro atoms. The van der Waals surface area contributed by atoms with Crippen LogP contribution in [0.4, 0.5) is 0 Å². The lowest BCUT2D eigenvalue weighted by molar-refractivity contribution is -0.117. The van der Waals surface area contributed by atoms with Crippen LogP contribution in [0.1, 0.15) is 62.5 Å². The van der Waals surface area contributed by atoms with Gasteiger partial charge in [0.15, 0.2) is 0 Å². The van der Waals surface area contributed by atoms with Gasteiger partial charge in [0.1, 0.15) is 0 Å². The van der Waals surface area contributed by atoms with Gasteiger partial charge in [-0.25, -0.2) is 0 Å². The summed E-state index contributed by atoms with van der Waals surface area (Å²) in [5.74, 6) is -0.241. The smallest absolute Gasteiger partial charge is 0.243 e. The van der Waals surface area contributed by atoms with Crippen LogP contribution in [0.15, 0.2) is 70.5 Å². The average Bonchev–Trinajstić information content (AvgIpc) is 2.91. The maximum absolute atomic E-state index is 12.2. The molecule has 0 radical (unpaired) electrons. The lowest BCUT2D eigenvalue weighted by Crippen LogP contribution is -2.22. The number of aliphatic hydroxyl groups is 2. The summed E-state index contributed by atoms with van der Waals surface area (Å²) in [4.78, 5) is 26.5. The minimum Gasteiger partial charge on any atom is -0.396 e. The van der Waals surface area contributed by atoms with Gasteiger partial charge in [-0.1, -0.05) is 73.8 Å². The summed E-state index contributed by atoms with van der Waals surface area (Å²) in [7, 11) is 0. The number of rotatable bonds is 18. The minimum atomic E-state index is -0.121. The molecule has 37 heavy (non-hydrogen) atoms. The molecule has 0 aliphatic carbocycles. The van der Waals surface area contributed by atoms with Gasteiger partial charge in [-0.3, -0.25) is 9.59 Å². The van der Waals surface area contributed by atoms with Crippen LogP contribution >= 0.6 is 11.8 Å². The average molecular weight is 525 g/mol. The molecule has 200 valence electrons. The maximum atomic E-state index is 12.2. The molecule has 4 N–H and O–H groups in total. The van der Waals surface area contributed by atoms with Crippen LogP contribution < -0.4 is 10.6 Å². The first-order valence-corrected chi connectivity index (χ1v) is 13.9. The lowest BCUT2D eigenvalue weighted by Gasteiger charge is -2.09. The van der Waals surface area contributed by atoms with Gasteiger partial charge in [-0.2, -0.15) is 0 Å². The van der Waals surface area contributed by atoms with E-state index in [1.165, 1.54) is 0 Å². The van der Waals surface area contributed by atoms with Crippen molar-refractivity contribution in [1.82, 2.24) is 10.6 Å². The quantitative estimate of drug-likeness (QED) is 0.159. The van der Waals surface area contributed by atoms with Crippen LogP contribution in [-0.4, -0.2) is 48.3 Å². The summed E-state index contributed by atoms with van der Waals surface area (Å²) in [5.41, 5.74) is 1.90. The Morgan fingerprint density at radius 1 is 0.622 bits per heavy atom. The molecule has 0 aliphatic heterocycles. The van der Waals surface area contributed by atoms with Crippen molar-refractivity contribution < 1.29 is 19.8 Å². The van der Waals surface area contributed by atoms with Crippen molar-refractivity contribution in [3.8, 4) is 0 Å². The number of hydrogen-bond donors (Lipinski definition) is 4.